The lowest BCUT2D eigenvalue weighted by Crippen LogP contribution is -2.22. The van der Waals surface area contributed by atoms with Gasteiger partial charge < -0.3 is 0 Å². The second-order valence-electron chi connectivity index (χ2n) is 6.88. The van der Waals surface area contributed by atoms with Crippen molar-refractivity contribution in [3.8, 4) is 22.4 Å². The summed E-state index contributed by atoms with van der Waals surface area (Å²) in [5.74, 6) is 0. The van der Waals surface area contributed by atoms with Gasteiger partial charge in [0.1, 0.15) is 5.69 Å². The van der Waals surface area contributed by atoms with Gasteiger partial charge in [-0.3, -0.25) is 4.68 Å². The van der Waals surface area contributed by atoms with Gasteiger partial charge in [-0.2, -0.15) is 5.10 Å². The Kier molecular flexibility index (Phi) is 4.03. The number of aromatic nitrogens is 2. The first-order valence-electron chi connectivity index (χ1n) is 7.78. The van der Waals surface area contributed by atoms with Gasteiger partial charge in [-0.1, -0.05) is 53.6 Å². The summed E-state index contributed by atoms with van der Waals surface area (Å²) in [6.45, 7) is 8.57. The van der Waals surface area contributed by atoms with E-state index < -0.39 is 0 Å². The molecule has 0 unspecified atom stereocenters. The lowest BCUT2D eigenvalue weighted by molar-refractivity contribution is 0.356. The highest BCUT2D eigenvalue weighted by atomic mass is 35.5. The number of benzene rings is 2. The summed E-state index contributed by atoms with van der Waals surface area (Å²) in [6, 6.07) is 16.4. The van der Waals surface area contributed by atoms with Crippen molar-refractivity contribution in [1.82, 2.24) is 9.78 Å². The summed E-state index contributed by atoms with van der Waals surface area (Å²) in [5, 5.41) is 5.59. The topological polar surface area (TPSA) is 17.8 Å². The molecule has 3 aromatic rings. The predicted molar refractivity (Wildman–Crippen MR) is 97.8 cm³/mol. The van der Waals surface area contributed by atoms with Crippen LogP contribution < -0.4 is 0 Å². The lowest BCUT2D eigenvalue weighted by Gasteiger charge is -2.18. The molecule has 2 nitrogen and oxygen atoms in total. The van der Waals surface area contributed by atoms with E-state index in [0.717, 1.165) is 21.8 Å². The molecule has 3 heteroatoms. The molecule has 23 heavy (non-hydrogen) atoms. The zero-order valence-corrected chi connectivity index (χ0v) is 14.7. The smallest absolute Gasteiger partial charge is 0.100 e. The number of rotatable bonds is 2. The SMILES string of the molecule is Cc1ccc(-c2cn(C(C)(C)C)nc2-c2ccc(Cl)cc2)cc1. The van der Waals surface area contributed by atoms with Crippen LogP contribution in [0.2, 0.25) is 5.02 Å². The van der Waals surface area contributed by atoms with Crippen LogP contribution >= 0.6 is 11.6 Å². The fourth-order valence-corrected chi connectivity index (χ4v) is 2.61. The van der Waals surface area contributed by atoms with Gasteiger partial charge in [-0.25, -0.2) is 0 Å². The number of hydrogen-bond acceptors (Lipinski definition) is 1. The summed E-state index contributed by atoms with van der Waals surface area (Å²) in [4.78, 5) is 0. The Morgan fingerprint density at radius 2 is 1.43 bits per heavy atom. The Hall–Kier alpha value is -2.06. The first-order chi connectivity index (χ1) is 10.8. The molecular weight excluding hydrogens is 304 g/mol. The molecule has 0 aliphatic carbocycles. The van der Waals surface area contributed by atoms with Gasteiger partial charge >= 0.3 is 0 Å². The van der Waals surface area contributed by atoms with E-state index >= 15 is 0 Å². The van der Waals surface area contributed by atoms with Crippen LogP contribution in [0.3, 0.4) is 0 Å². The van der Waals surface area contributed by atoms with Crippen molar-refractivity contribution >= 4 is 11.6 Å². The van der Waals surface area contributed by atoms with Crippen LogP contribution in [-0.2, 0) is 5.54 Å². The van der Waals surface area contributed by atoms with E-state index in [-0.39, 0.29) is 5.54 Å². The highest BCUT2D eigenvalue weighted by Crippen LogP contribution is 2.33. The second-order valence-corrected chi connectivity index (χ2v) is 7.32. The molecule has 1 aromatic heterocycles. The summed E-state index contributed by atoms with van der Waals surface area (Å²) in [5.41, 5.74) is 5.57. The molecule has 0 saturated carbocycles. The fraction of sp³-hybridized carbons (Fsp3) is 0.250. The van der Waals surface area contributed by atoms with Gasteiger partial charge in [0, 0.05) is 22.3 Å². The fourth-order valence-electron chi connectivity index (χ4n) is 2.48. The third-order valence-electron chi connectivity index (χ3n) is 3.88. The van der Waals surface area contributed by atoms with E-state index in [4.69, 9.17) is 16.7 Å². The summed E-state index contributed by atoms with van der Waals surface area (Å²) in [7, 11) is 0. The van der Waals surface area contributed by atoms with E-state index in [9.17, 15) is 0 Å². The highest BCUT2D eigenvalue weighted by molar-refractivity contribution is 6.30. The molecule has 1 heterocycles. The monoisotopic (exact) mass is 324 g/mol. The Labute approximate surface area is 142 Å². The van der Waals surface area contributed by atoms with Gasteiger partial charge in [-0.05, 0) is 45.4 Å². The van der Waals surface area contributed by atoms with Gasteiger partial charge in [0.15, 0.2) is 0 Å². The molecule has 0 amide bonds. The van der Waals surface area contributed by atoms with E-state index in [1.54, 1.807) is 0 Å². The molecular formula is C20H21ClN2. The molecule has 2 aromatic carbocycles. The molecule has 0 aliphatic heterocycles. The Balaban J connectivity index is 2.18. The van der Waals surface area contributed by atoms with Crippen molar-refractivity contribution in [1.29, 1.82) is 0 Å². The maximum absolute atomic E-state index is 6.03. The minimum atomic E-state index is -0.0654. The Morgan fingerprint density at radius 3 is 2.00 bits per heavy atom. The molecule has 0 spiro atoms. The summed E-state index contributed by atoms with van der Waals surface area (Å²) < 4.78 is 2.03. The third-order valence-corrected chi connectivity index (χ3v) is 4.13. The van der Waals surface area contributed by atoms with Crippen LogP contribution in [0.15, 0.2) is 54.7 Å². The molecule has 0 saturated heterocycles. The van der Waals surface area contributed by atoms with Crippen LogP contribution in [0.4, 0.5) is 0 Å². The maximum Gasteiger partial charge on any atom is 0.100 e. The van der Waals surface area contributed by atoms with E-state index in [0.29, 0.717) is 0 Å². The molecule has 118 valence electrons. The van der Waals surface area contributed by atoms with E-state index in [1.807, 2.05) is 28.9 Å². The van der Waals surface area contributed by atoms with Crippen molar-refractivity contribution < 1.29 is 0 Å². The van der Waals surface area contributed by atoms with Gasteiger partial charge in [0.25, 0.3) is 0 Å². The van der Waals surface area contributed by atoms with Crippen LogP contribution in [0.5, 0.6) is 0 Å². The van der Waals surface area contributed by atoms with Crippen molar-refractivity contribution in [2.75, 3.05) is 0 Å². The molecule has 0 fully saturated rings. The maximum atomic E-state index is 6.03. The van der Waals surface area contributed by atoms with Crippen molar-refractivity contribution in [2.24, 2.45) is 0 Å². The minimum Gasteiger partial charge on any atom is -0.266 e. The average Bonchev–Trinajstić information content (AvgIpc) is 2.94. The second kappa shape index (κ2) is 5.86. The molecule has 0 atom stereocenters. The predicted octanol–water partition coefficient (Wildman–Crippen LogP) is 5.93. The van der Waals surface area contributed by atoms with Crippen LogP contribution in [0, 0.1) is 6.92 Å². The first-order valence-corrected chi connectivity index (χ1v) is 8.15. The Bertz CT molecular complexity index is 743. The molecule has 0 aliphatic rings. The van der Waals surface area contributed by atoms with Gasteiger partial charge in [0.05, 0.1) is 5.54 Å². The first kappa shape index (κ1) is 15.8. The third kappa shape index (κ3) is 3.32. The van der Waals surface area contributed by atoms with Crippen molar-refractivity contribution in [3.63, 3.8) is 0 Å². The van der Waals surface area contributed by atoms with E-state index in [1.165, 1.54) is 11.1 Å². The van der Waals surface area contributed by atoms with Crippen molar-refractivity contribution in [3.05, 3.63) is 65.3 Å². The molecule has 0 radical (unpaired) electrons. The van der Waals surface area contributed by atoms with Crippen LogP contribution in [-0.4, -0.2) is 9.78 Å². The number of halogens is 1. The quantitative estimate of drug-likeness (QED) is 0.571. The Morgan fingerprint density at radius 1 is 0.870 bits per heavy atom. The summed E-state index contributed by atoms with van der Waals surface area (Å²) in [6.07, 6.45) is 2.13. The average molecular weight is 325 g/mol. The largest absolute Gasteiger partial charge is 0.266 e. The normalized spacial score (nSPS) is 11.7. The number of aryl methyl sites for hydroxylation is 1. The zero-order chi connectivity index (χ0) is 16.6. The standard InChI is InChI=1S/C20H21ClN2/c1-14-5-7-15(8-6-14)18-13-23(20(2,3)4)22-19(18)16-9-11-17(21)12-10-16/h5-13H,1-4H3. The number of nitrogens with zero attached hydrogens (tertiary/aromatic N) is 2. The number of hydrogen-bond donors (Lipinski definition) is 0. The van der Waals surface area contributed by atoms with Gasteiger partial charge in [-0.15, -0.1) is 0 Å². The molecule has 0 N–H and O–H groups in total. The van der Waals surface area contributed by atoms with Crippen LogP contribution in [0.25, 0.3) is 22.4 Å². The summed E-state index contributed by atoms with van der Waals surface area (Å²) >= 11 is 6.03. The highest BCUT2D eigenvalue weighted by Gasteiger charge is 2.19. The van der Waals surface area contributed by atoms with Gasteiger partial charge in [0.2, 0.25) is 0 Å². The van der Waals surface area contributed by atoms with Crippen molar-refractivity contribution in [2.45, 2.75) is 33.2 Å². The molecule has 3 rings (SSSR count). The zero-order valence-electron chi connectivity index (χ0n) is 14.0. The minimum absolute atomic E-state index is 0.0654. The van der Waals surface area contributed by atoms with Crippen LogP contribution in [0.1, 0.15) is 26.3 Å². The molecule has 0 bridgehead atoms. The van der Waals surface area contributed by atoms with E-state index in [2.05, 4.69) is 58.2 Å². The lowest BCUT2D eigenvalue weighted by atomic mass is 10.0.